The largest absolute Gasteiger partial charge is 0.494 e. The average Bonchev–Trinajstić information content (AvgIpc) is 2.54. The Kier molecular flexibility index (Phi) is 6.00. The molecule has 0 unspecified atom stereocenters. The Morgan fingerprint density at radius 1 is 0.880 bits per heavy atom. The number of benzene rings is 2. The molecule has 0 heterocycles. The number of halogens is 3. The number of ether oxygens (including phenoxy) is 2. The van der Waals surface area contributed by atoms with E-state index < -0.39 is 11.9 Å². The minimum Gasteiger partial charge on any atom is -0.494 e. The van der Waals surface area contributed by atoms with Crippen molar-refractivity contribution in [1.29, 1.82) is 0 Å². The van der Waals surface area contributed by atoms with Gasteiger partial charge in [0.1, 0.15) is 0 Å². The van der Waals surface area contributed by atoms with Gasteiger partial charge < -0.3 is 19.9 Å². The van der Waals surface area contributed by atoms with E-state index in [9.17, 15) is 9.59 Å². The fourth-order valence-corrected chi connectivity index (χ4v) is 3.04. The molecule has 0 aliphatic rings. The maximum absolute atomic E-state index is 12.5. The highest BCUT2D eigenvalue weighted by atomic mass is 35.5. The average molecular weight is 405 g/mol. The van der Waals surface area contributed by atoms with Gasteiger partial charge in [-0.25, -0.2) is 4.79 Å². The zero-order valence-electron chi connectivity index (χ0n) is 13.0. The molecule has 0 radical (unpaired) electrons. The number of hydrogen-bond donors (Lipinski definition) is 2. The number of aromatic carboxylic acids is 1. The van der Waals surface area contributed by atoms with Crippen molar-refractivity contribution in [3.05, 3.63) is 50.5 Å². The third-order valence-corrected chi connectivity index (χ3v) is 4.05. The number of anilines is 1. The van der Waals surface area contributed by atoms with Gasteiger partial charge in [0, 0.05) is 5.56 Å². The van der Waals surface area contributed by atoms with Crippen LogP contribution in [0.25, 0.3) is 0 Å². The zero-order chi connectivity index (χ0) is 18.7. The van der Waals surface area contributed by atoms with E-state index in [1.807, 2.05) is 0 Å². The van der Waals surface area contributed by atoms with Gasteiger partial charge in [-0.3, -0.25) is 4.79 Å². The summed E-state index contributed by atoms with van der Waals surface area (Å²) in [5.41, 5.74) is 0.141. The third kappa shape index (κ3) is 4.10. The molecule has 0 atom stereocenters. The van der Waals surface area contributed by atoms with Crippen molar-refractivity contribution < 1.29 is 24.2 Å². The highest BCUT2D eigenvalue weighted by Crippen LogP contribution is 2.36. The molecule has 0 aliphatic heterocycles. The molecule has 25 heavy (non-hydrogen) atoms. The van der Waals surface area contributed by atoms with Crippen molar-refractivity contribution >= 4 is 52.4 Å². The van der Waals surface area contributed by atoms with E-state index >= 15 is 0 Å². The highest BCUT2D eigenvalue weighted by molar-refractivity contribution is 6.38. The van der Waals surface area contributed by atoms with Gasteiger partial charge in [0.25, 0.3) is 5.91 Å². The molecule has 2 aromatic rings. The van der Waals surface area contributed by atoms with E-state index in [-0.39, 0.29) is 43.4 Å². The SMILES string of the molecule is COc1c(Cl)cc(C(=O)Nc2cc(C(=O)O)cc(Cl)c2OC)cc1Cl. The van der Waals surface area contributed by atoms with Crippen LogP contribution in [0.4, 0.5) is 5.69 Å². The highest BCUT2D eigenvalue weighted by Gasteiger charge is 2.18. The van der Waals surface area contributed by atoms with Crippen LogP contribution in [0.1, 0.15) is 20.7 Å². The van der Waals surface area contributed by atoms with Crippen LogP contribution in [0.15, 0.2) is 24.3 Å². The quantitative estimate of drug-likeness (QED) is 0.760. The third-order valence-electron chi connectivity index (χ3n) is 3.21. The summed E-state index contributed by atoms with van der Waals surface area (Å²) in [5.74, 6) is -1.40. The van der Waals surface area contributed by atoms with Crippen LogP contribution >= 0.6 is 34.8 Å². The van der Waals surface area contributed by atoms with Crippen molar-refractivity contribution in [1.82, 2.24) is 0 Å². The molecule has 2 N–H and O–H groups in total. The van der Waals surface area contributed by atoms with Crippen molar-refractivity contribution in [2.24, 2.45) is 0 Å². The summed E-state index contributed by atoms with van der Waals surface area (Å²) in [7, 11) is 2.75. The van der Waals surface area contributed by atoms with Crippen LogP contribution in [0.3, 0.4) is 0 Å². The van der Waals surface area contributed by atoms with Gasteiger partial charge in [0.15, 0.2) is 11.5 Å². The fraction of sp³-hybridized carbons (Fsp3) is 0.125. The second-order valence-corrected chi connectivity index (χ2v) is 5.99. The van der Waals surface area contributed by atoms with Gasteiger partial charge in [0.2, 0.25) is 0 Å². The smallest absolute Gasteiger partial charge is 0.335 e. The molecule has 1 amide bonds. The lowest BCUT2D eigenvalue weighted by Gasteiger charge is -2.14. The number of methoxy groups -OCH3 is 2. The van der Waals surface area contributed by atoms with E-state index in [0.717, 1.165) is 0 Å². The molecule has 0 aromatic heterocycles. The minimum absolute atomic E-state index is 0.0449. The first kappa shape index (κ1) is 19.2. The summed E-state index contributed by atoms with van der Waals surface area (Å²) < 4.78 is 10.1. The Labute approximate surface area is 158 Å². The molecule has 0 saturated heterocycles. The van der Waals surface area contributed by atoms with E-state index in [1.165, 1.54) is 38.5 Å². The second kappa shape index (κ2) is 7.82. The minimum atomic E-state index is -1.20. The van der Waals surface area contributed by atoms with Gasteiger partial charge >= 0.3 is 5.97 Å². The van der Waals surface area contributed by atoms with Crippen LogP contribution in [-0.4, -0.2) is 31.2 Å². The van der Waals surface area contributed by atoms with E-state index in [1.54, 1.807) is 0 Å². The van der Waals surface area contributed by atoms with Crippen molar-refractivity contribution in [2.75, 3.05) is 19.5 Å². The number of hydrogen-bond acceptors (Lipinski definition) is 4. The Balaban J connectivity index is 2.42. The summed E-state index contributed by atoms with van der Waals surface area (Å²) in [6.45, 7) is 0. The molecule has 0 spiro atoms. The van der Waals surface area contributed by atoms with Gasteiger partial charge in [0.05, 0.1) is 40.5 Å². The molecule has 2 rings (SSSR count). The first-order valence-electron chi connectivity index (χ1n) is 6.73. The second-order valence-electron chi connectivity index (χ2n) is 4.77. The molecule has 0 aliphatic carbocycles. The predicted molar refractivity (Wildman–Crippen MR) is 95.9 cm³/mol. The molecule has 132 valence electrons. The predicted octanol–water partition coefficient (Wildman–Crippen LogP) is 4.61. The van der Waals surface area contributed by atoms with Gasteiger partial charge in [-0.05, 0) is 24.3 Å². The van der Waals surface area contributed by atoms with Gasteiger partial charge in [-0.1, -0.05) is 34.8 Å². The number of carboxylic acid groups (broad SMARTS) is 1. The monoisotopic (exact) mass is 403 g/mol. The summed E-state index contributed by atoms with van der Waals surface area (Å²) in [4.78, 5) is 23.6. The van der Waals surface area contributed by atoms with Crippen molar-refractivity contribution in [3.63, 3.8) is 0 Å². The molecule has 9 heteroatoms. The van der Waals surface area contributed by atoms with Gasteiger partial charge in [-0.15, -0.1) is 0 Å². The van der Waals surface area contributed by atoms with E-state index in [0.29, 0.717) is 0 Å². The normalized spacial score (nSPS) is 10.3. The molecule has 6 nitrogen and oxygen atoms in total. The molecular weight excluding hydrogens is 393 g/mol. The van der Waals surface area contributed by atoms with E-state index in [2.05, 4.69) is 5.32 Å². The molecule has 2 aromatic carbocycles. The first-order chi connectivity index (χ1) is 11.8. The van der Waals surface area contributed by atoms with E-state index in [4.69, 9.17) is 49.4 Å². The van der Waals surface area contributed by atoms with Gasteiger partial charge in [-0.2, -0.15) is 0 Å². The number of carboxylic acids is 1. The summed E-state index contributed by atoms with van der Waals surface area (Å²) in [6, 6.07) is 5.20. The standard InChI is InChI=1S/C16H12Cl3NO5/c1-24-13-9(17)3-7(4-10(13)18)15(21)20-12-6-8(16(22)23)5-11(19)14(12)25-2/h3-6H,1-2H3,(H,20,21)(H,22,23). The number of amides is 1. The Morgan fingerprint density at radius 2 is 1.36 bits per heavy atom. The molecular formula is C16H12Cl3NO5. The van der Waals surface area contributed by atoms with Crippen LogP contribution in [0.5, 0.6) is 11.5 Å². The van der Waals surface area contributed by atoms with Crippen LogP contribution in [-0.2, 0) is 0 Å². The number of nitrogens with one attached hydrogen (secondary N) is 1. The zero-order valence-corrected chi connectivity index (χ0v) is 15.3. The summed E-state index contributed by atoms with van der Waals surface area (Å²) >= 11 is 18.0. The molecule has 0 saturated carbocycles. The molecule has 0 fully saturated rings. The Bertz CT molecular complexity index is 831. The Hall–Kier alpha value is -2.15. The van der Waals surface area contributed by atoms with Crippen LogP contribution < -0.4 is 14.8 Å². The fourth-order valence-electron chi connectivity index (χ4n) is 2.10. The van der Waals surface area contributed by atoms with Crippen molar-refractivity contribution in [3.8, 4) is 11.5 Å². The topological polar surface area (TPSA) is 84.9 Å². The number of rotatable bonds is 5. The van der Waals surface area contributed by atoms with Crippen LogP contribution in [0.2, 0.25) is 15.1 Å². The first-order valence-corrected chi connectivity index (χ1v) is 7.87. The Morgan fingerprint density at radius 3 is 1.84 bits per heavy atom. The summed E-state index contributed by atoms with van der Waals surface area (Å²) in [5, 5.41) is 12.0. The lowest BCUT2D eigenvalue weighted by molar-refractivity contribution is 0.0696. The molecule has 0 bridgehead atoms. The number of carbonyl (C=O) groups is 2. The maximum atomic E-state index is 12.5. The van der Waals surface area contributed by atoms with Crippen molar-refractivity contribution in [2.45, 2.75) is 0 Å². The lowest BCUT2D eigenvalue weighted by atomic mass is 10.1. The maximum Gasteiger partial charge on any atom is 0.335 e. The van der Waals surface area contributed by atoms with Crippen LogP contribution in [0, 0.1) is 0 Å². The number of carbonyl (C=O) groups excluding carboxylic acids is 1. The lowest BCUT2D eigenvalue weighted by Crippen LogP contribution is -2.14. The summed E-state index contributed by atoms with van der Waals surface area (Å²) in [6.07, 6.45) is 0.